The molecule has 0 saturated carbocycles. The summed E-state index contributed by atoms with van der Waals surface area (Å²) in [5.41, 5.74) is 2.58. The van der Waals surface area contributed by atoms with Crippen molar-refractivity contribution in [2.45, 2.75) is 39.3 Å². The van der Waals surface area contributed by atoms with Crippen LogP contribution in [0.15, 0.2) is 41.8 Å². The monoisotopic (exact) mass is 342 g/mol. The molecule has 3 rings (SSSR count). The first kappa shape index (κ1) is 17.2. The molecular formula is C20H26N2OS. The minimum absolute atomic E-state index is 0.108. The van der Waals surface area contributed by atoms with Crippen molar-refractivity contribution in [3.63, 3.8) is 0 Å². The van der Waals surface area contributed by atoms with E-state index in [2.05, 4.69) is 47.1 Å². The maximum Gasteiger partial charge on any atom is 0.225 e. The van der Waals surface area contributed by atoms with Crippen LogP contribution in [0.3, 0.4) is 0 Å². The summed E-state index contributed by atoms with van der Waals surface area (Å²) in [6.07, 6.45) is 2.10. The van der Waals surface area contributed by atoms with Gasteiger partial charge in [0.15, 0.2) is 0 Å². The van der Waals surface area contributed by atoms with Gasteiger partial charge in [-0.15, -0.1) is 11.3 Å². The van der Waals surface area contributed by atoms with Gasteiger partial charge in [-0.3, -0.25) is 4.79 Å². The van der Waals surface area contributed by atoms with Crippen molar-refractivity contribution in [2.24, 2.45) is 5.92 Å². The molecule has 1 aliphatic heterocycles. The van der Waals surface area contributed by atoms with Gasteiger partial charge in [-0.25, -0.2) is 0 Å². The first-order valence-electron chi connectivity index (χ1n) is 8.78. The van der Waals surface area contributed by atoms with Crippen LogP contribution in [-0.4, -0.2) is 29.9 Å². The van der Waals surface area contributed by atoms with Crippen LogP contribution in [-0.2, 0) is 11.3 Å². The van der Waals surface area contributed by atoms with Crippen molar-refractivity contribution >= 4 is 17.2 Å². The third-order valence-corrected chi connectivity index (χ3v) is 5.56. The van der Waals surface area contributed by atoms with E-state index in [1.165, 1.54) is 16.0 Å². The number of likely N-dealkylation sites (tertiary alicyclic amines) is 1. The van der Waals surface area contributed by atoms with Gasteiger partial charge in [-0.2, -0.15) is 0 Å². The maximum absolute atomic E-state index is 12.0. The summed E-state index contributed by atoms with van der Waals surface area (Å²) in [6, 6.07) is 13.3. The van der Waals surface area contributed by atoms with Gasteiger partial charge in [0.1, 0.15) is 0 Å². The molecular weight excluding hydrogens is 316 g/mol. The average molecular weight is 343 g/mol. The summed E-state index contributed by atoms with van der Waals surface area (Å²) in [6.45, 7) is 6.64. The zero-order valence-electron chi connectivity index (χ0n) is 14.5. The summed E-state index contributed by atoms with van der Waals surface area (Å²) in [7, 11) is 0. The van der Waals surface area contributed by atoms with E-state index in [1.54, 1.807) is 0 Å². The van der Waals surface area contributed by atoms with Crippen LogP contribution in [0.4, 0.5) is 0 Å². The lowest BCUT2D eigenvalue weighted by Gasteiger charge is -2.33. The van der Waals surface area contributed by atoms with E-state index in [9.17, 15) is 4.79 Å². The van der Waals surface area contributed by atoms with Crippen LogP contribution in [0, 0.1) is 5.92 Å². The lowest BCUT2D eigenvalue weighted by Crippen LogP contribution is -2.45. The van der Waals surface area contributed by atoms with Gasteiger partial charge in [0.25, 0.3) is 0 Å². The molecule has 1 N–H and O–H groups in total. The zero-order valence-corrected chi connectivity index (χ0v) is 15.3. The standard InChI is InChI=1S/C20H26N2OS/c1-15(2)20(23)22-10-8-18(9-11-22)21-13-19-12-17(14-24-19)16-6-4-3-5-7-16/h3-7,12,14-15,18,21H,8-11,13H2,1-2H3. The number of amides is 1. The normalized spacial score (nSPS) is 15.9. The smallest absolute Gasteiger partial charge is 0.225 e. The highest BCUT2D eigenvalue weighted by atomic mass is 32.1. The van der Waals surface area contributed by atoms with E-state index in [0.717, 1.165) is 32.5 Å². The Labute approximate surface area is 148 Å². The van der Waals surface area contributed by atoms with Crippen molar-refractivity contribution in [3.05, 3.63) is 46.7 Å². The molecule has 1 fully saturated rings. The highest BCUT2D eigenvalue weighted by Gasteiger charge is 2.23. The Bertz CT molecular complexity index is 657. The largest absolute Gasteiger partial charge is 0.342 e. The fourth-order valence-electron chi connectivity index (χ4n) is 3.17. The van der Waals surface area contributed by atoms with Crippen molar-refractivity contribution < 1.29 is 4.79 Å². The molecule has 2 heterocycles. The molecule has 4 heteroatoms. The molecule has 0 unspecified atom stereocenters. The molecule has 1 aromatic carbocycles. The lowest BCUT2D eigenvalue weighted by atomic mass is 10.0. The van der Waals surface area contributed by atoms with E-state index < -0.39 is 0 Å². The molecule has 3 nitrogen and oxygen atoms in total. The molecule has 0 aliphatic carbocycles. The Morgan fingerprint density at radius 3 is 2.58 bits per heavy atom. The van der Waals surface area contributed by atoms with Crippen molar-refractivity contribution in [1.82, 2.24) is 10.2 Å². The fraction of sp³-hybridized carbons (Fsp3) is 0.450. The number of hydrogen-bond acceptors (Lipinski definition) is 3. The highest BCUT2D eigenvalue weighted by molar-refractivity contribution is 7.10. The zero-order chi connectivity index (χ0) is 16.9. The van der Waals surface area contributed by atoms with Crippen LogP contribution in [0.5, 0.6) is 0 Å². The maximum atomic E-state index is 12.0. The number of nitrogens with zero attached hydrogens (tertiary/aromatic N) is 1. The number of piperidine rings is 1. The molecule has 0 bridgehead atoms. The molecule has 128 valence electrons. The molecule has 24 heavy (non-hydrogen) atoms. The summed E-state index contributed by atoms with van der Waals surface area (Å²) in [5, 5.41) is 5.90. The number of hydrogen-bond donors (Lipinski definition) is 1. The molecule has 0 spiro atoms. The van der Waals surface area contributed by atoms with Gasteiger partial charge >= 0.3 is 0 Å². The van der Waals surface area contributed by atoms with Crippen molar-refractivity contribution in [1.29, 1.82) is 0 Å². The minimum Gasteiger partial charge on any atom is -0.342 e. The van der Waals surface area contributed by atoms with Crippen molar-refractivity contribution in [2.75, 3.05) is 13.1 Å². The molecule has 0 radical (unpaired) electrons. The van der Waals surface area contributed by atoms with E-state index in [1.807, 2.05) is 30.1 Å². The van der Waals surface area contributed by atoms with Gasteiger partial charge in [0.2, 0.25) is 5.91 Å². The number of thiophene rings is 1. The van der Waals surface area contributed by atoms with E-state index in [4.69, 9.17) is 0 Å². The number of carbonyl (C=O) groups is 1. The quantitative estimate of drug-likeness (QED) is 0.885. The van der Waals surface area contributed by atoms with Gasteiger partial charge in [0, 0.05) is 36.5 Å². The van der Waals surface area contributed by atoms with E-state index >= 15 is 0 Å². The second kappa shape index (κ2) is 7.95. The van der Waals surface area contributed by atoms with Crippen LogP contribution >= 0.6 is 11.3 Å². The van der Waals surface area contributed by atoms with Crippen LogP contribution in [0.2, 0.25) is 0 Å². The van der Waals surface area contributed by atoms with Crippen molar-refractivity contribution in [3.8, 4) is 11.1 Å². The topological polar surface area (TPSA) is 32.3 Å². The summed E-state index contributed by atoms with van der Waals surface area (Å²) in [4.78, 5) is 15.4. The van der Waals surface area contributed by atoms with Gasteiger partial charge < -0.3 is 10.2 Å². The van der Waals surface area contributed by atoms with Crippen LogP contribution < -0.4 is 5.32 Å². The predicted octanol–water partition coefficient (Wildman–Crippen LogP) is 4.15. The molecule has 0 atom stereocenters. The average Bonchev–Trinajstić information content (AvgIpc) is 3.09. The third-order valence-electron chi connectivity index (χ3n) is 4.63. The van der Waals surface area contributed by atoms with E-state index in [0.29, 0.717) is 11.9 Å². The number of benzene rings is 1. The molecule has 1 saturated heterocycles. The molecule has 2 aromatic rings. The van der Waals surface area contributed by atoms with Crippen LogP contribution in [0.1, 0.15) is 31.6 Å². The predicted molar refractivity (Wildman–Crippen MR) is 101 cm³/mol. The second-order valence-corrected chi connectivity index (χ2v) is 7.80. The minimum atomic E-state index is 0.108. The van der Waals surface area contributed by atoms with E-state index in [-0.39, 0.29) is 5.92 Å². The molecule has 1 amide bonds. The Hall–Kier alpha value is -1.65. The fourth-order valence-corrected chi connectivity index (χ4v) is 4.01. The third kappa shape index (κ3) is 4.25. The highest BCUT2D eigenvalue weighted by Crippen LogP contribution is 2.25. The first-order valence-corrected chi connectivity index (χ1v) is 9.66. The number of nitrogens with one attached hydrogen (secondary N) is 1. The van der Waals surface area contributed by atoms with Gasteiger partial charge in [-0.05, 0) is 35.4 Å². The Morgan fingerprint density at radius 2 is 1.92 bits per heavy atom. The second-order valence-electron chi connectivity index (χ2n) is 6.80. The summed E-state index contributed by atoms with van der Waals surface area (Å²) >= 11 is 1.82. The molecule has 1 aromatic heterocycles. The van der Waals surface area contributed by atoms with Crippen LogP contribution in [0.25, 0.3) is 11.1 Å². The summed E-state index contributed by atoms with van der Waals surface area (Å²) in [5.74, 6) is 0.399. The first-order chi connectivity index (χ1) is 11.6. The Balaban J connectivity index is 1.48. The SMILES string of the molecule is CC(C)C(=O)N1CCC(NCc2cc(-c3ccccc3)cs2)CC1. The molecule has 1 aliphatic rings. The Morgan fingerprint density at radius 1 is 1.21 bits per heavy atom. The number of rotatable bonds is 5. The Kier molecular flexibility index (Phi) is 5.69. The van der Waals surface area contributed by atoms with Gasteiger partial charge in [0.05, 0.1) is 0 Å². The lowest BCUT2D eigenvalue weighted by molar-refractivity contribution is -0.135. The van der Waals surface area contributed by atoms with Gasteiger partial charge in [-0.1, -0.05) is 44.2 Å². The summed E-state index contributed by atoms with van der Waals surface area (Å²) < 4.78 is 0. The number of carbonyl (C=O) groups excluding carboxylic acids is 1.